The van der Waals surface area contributed by atoms with Crippen molar-refractivity contribution in [2.45, 2.75) is 0 Å². The van der Waals surface area contributed by atoms with Gasteiger partial charge in [-0.3, -0.25) is 4.79 Å². The average molecular weight is 269 g/mol. The molecule has 0 bridgehead atoms. The van der Waals surface area contributed by atoms with E-state index in [4.69, 9.17) is 5.26 Å². The van der Waals surface area contributed by atoms with Crippen molar-refractivity contribution in [2.24, 2.45) is 0 Å². The van der Waals surface area contributed by atoms with Crippen molar-refractivity contribution < 1.29 is 4.79 Å². The minimum Gasteiger partial charge on any atom is -0.354 e. The molecule has 94 valence electrons. The molecule has 1 amide bonds. The third kappa shape index (κ3) is 3.27. The number of nitriles is 1. The Morgan fingerprint density at radius 3 is 2.74 bits per heavy atom. The first kappa shape index (κ1) is 13.0. The topological polar surface area (TPSA) is 65.8 Å². The molecule has 0 saturated carbocycles. The Hall–Kier alpha value is -2.45. The van der Waals surface area contributed by atoms with Crippen LogP contribution in [0.1, 0.15) is 25.8 Å². The average Bonchev–Trinajstić information content (AvgIpc) is 2.93. The van der Waals surface area contributed by atoms with Crippen molar-refractivity contribution in [2.75, 3.05) is 7.05 Å². The molecular weight excluding hydrogens is 258 g/mol. The Labute approximate surface area is 115 Å². The van der Waals surface area contributed by atoms with Crippen molar-refractivity contribution in [3.8, 4) is 6.07 Å². The second kappa shape index (κ2) is 5.94. The standard InChI is InChI=1S/C14H11N3OS/c1-16-14(18)12-9-17-13(19-12)7-6-10-2-4-11(8-15)5-3-10/h2-7,9H,1H3,(H,16,18)/b7-6-. The van der Waals surface area contributed by atoms with E-state index in [9.17, 15) is 4.79 Å². The van der Waals surface area contributed by atoms with Crippen LogP contribution in [-0.2, 0) is 0 Å². The number of amides is 1. The van der Waals surface area contributed by atoms with E-state index in [-0.39, 0.29) is 5.91 Å². The fourth-order valence-electron chi connectivity index (χ4n) is 1.43. The summed E-state index contributed by atoms with van der Waals surface area (Å²) in [7, 11) is 1.59. The molecule has 1 aromatic heterocycles. The van der Waals surface area contributed by atoms with Gasteiger partial charge in [0.1, 0.15) is 9.88 Å². The number of carbonyl (C=O) groups is 1. The molecule has 2 aromatic rings. The molecule has 0 aliphatic rings. The monoisotopic (exact) mass is 269 g/mol. The second-order valence-electron chi connectivity index (χ2n) is 3.71. The van der Waals surface area contributed by atoms with Crippen LogP contribution in [0.4, 0.5) is 0 Å². The number of rotatable bonds is 3. The van der Waals surface area contributed by atoms with Gasteiger partial charge in [-0.25, -0.2) is 4.98 Å². The van der Waals surface area contributed by atoms with Gasteiger partial charge < -0.3 is 5.32 Å². The van der Waals surface area contributed by atoms with Crippen LogP contribution in [0.2, 0.25) is 0 Å². The molecule has 1 N–H and O–H groups in total. The molecule has 19 heavy (non-hydrogen) atoms. The summed E-state index contributed by atoms with van der Waals surface area (Å²) in [5.74, 6) is -0.129. The second-order valence-corrected chi connectivity index (χ2v) is 4.77. The van der Waals surface area contributed by atoms with Crippen molar-refractivity contribution in [1.29, 1.82) is 5.26 Å². The van der Waals surface area contributed by atoms with Gasteiger partial charge in [0.25, 0.3) is 5.91 Å². The predicted octanol–water partition coefficient (Wildman–Crippen LogP) is 2.54. The first-order valence-corrected chi connectivity index (χ1v) is 6.41. The van der Waals surface area contributed by atoms with E-state index in [0.29, 0.717) is 10.4 Å². The van der Waals surface area contributed by atoms with Gasteiger partial charge in [-0.2, -0.15) is 5.26 Å². The van der Waals surface area contributed by atoms with E-state index in [0.717, 1.165) is 10.6 Å². The third-order valence-electron chi connectivity index (χ3n) is 2.43. The Morgan fingerprint density at radius 1 is 1.37 bits per heavy atom. The molecule has 0 saturated heterocycles. The SMILES string of the molecule is CNC(=O)c1cnc(/C=C\c2ccc(C#N)cc2)s1. The maximum absolute atomic E-state index is 11.4. The van der Waals surface area contributed by atoms with E-state index in [1.807, 2.05) is 24.3 Å². The van der Waals surface area contributed by atoms with Gasteiger partial charge in [-0.05, 0) is 23.8 Å². The molecule has 0 radical (unpaired) electrons. The lowest BCUT2D eigenvalue weighted by Gasteiger charge is -1.92. The lowest BCUT2D eigenvalue weighted by molar-refractivity contribution is 0.0967. The summed E-state index contributed by atoms with van der Waals surface area (Å²) >= 11 is 1.33. The van der Waals surface area contributed by atoms with E-state index in [1.54, 1.807) is 25.4 Å². The van der Waals surface area contributed by atoms with Crippen LogP contribution in [0.15, 0.2) is 30.5 Å². The van der Waals surface area contributed by atoms with E-state index >= 15 is 0 Å². The van der Waals surface area contributed by atoms with Crippen molar-refractivity contribution in [1.82, 2.24) is 10.3 Å². The summed E-state index contributed by atoms with van der Waals surface area (Å²) in [5.41, 5.74) is 1.61. The van der Waals surface area contributed by atoms with E-state index in [1.165, 1.54) is 11.3 Å². The zero-order valence-electron chi connectivity index (χ0n) is 10.3. The van der Waals surface area contributed by atoms with Crippen LogP contribution in [0.25, 0.3) is 12.2 Å². The third-order valence-corrected chi connectivity index (χ3v) is 3.39. The Morgan fingerprint density at radius 2 is 2.11 bits per heavy atom. The number of aromatic nitrogens is 1. The lowest BCUT2D eigenvalue weighted by atomic mass is 10.1. The van der Waals surface area contributed by atoms with Crippen LogP contribution in [0, 0.1) is 11.3 Å². The molecule has 5 heteroatoms. The highest BCUT2D eigenvalue weighted by atomic mass is 32.1. The van der Waals surface area contributed by atoms with Crippen molar-refractivity contribution >= 4 is 29.4 Å². The van der Waals surface area contributed by atoms with Gasteiger partial charge in [0, 0.05) is 7.05 Å². The molecule has 2 rings (SSSR count). The summed E-state index contributed by atoms with van der Waals surface area (Å²) in [5, 5.41) is 12.0. The molecule has 1 heterocycles. The highest BCUT2D eigenvalue weighted by Crippen LogP contribution is 2.16. The molecule has 0 unspecified atom stereocenters. The molecule has 0 aliphatic carbocycles. The number of hydrogen-bond acceptors (Lipinski definition) is 4. The van der Waals surface area contributed by atoms with Crippen LogP contribution in [-0.4, -0.2) is 17.9 Å². The number of hydrogen-bond donors (Lipinski definition) is 1. The van der Waals surface area contributed by atoms with Gasteiger partial charge in [-0.1, -0.05) is 18.2 Å². The van der Waals surface area contributed by atoms with Crippen molar-refractivity contribution in [3.63, 3.8) is 0 Å². The smallest absolute Gasteiger partial charge is 0.262 e. The number of thiazole rings is 1. The highest BCUT2D eigenvalue weighted by Gasteiger charge is 2.06. The van der Waals surface area contributed by atoms with Gasteiger partial charge in [0.05, 0.1) is 17.8 Å². The van der Waals surface area contributed by atoms with Gasteiger partial charge in [-0.15, -0.1) is 11.3 Å². The highest BCUT2D eigenvalue weighted by molar-refractivity contribution is 7.14. The largest absolute Gasteiger partial charge is 0.354 e. The summed E-state index contributed by atoms with van der Waals surface area (Å²) in [4.78, 5) is 16.1. The fraction of sp³-hybridized carbons (Fsp3) is 0.0714. The number of carbonyl (C=O) groups excluding carboxylic acids is 1. The maximum Gasteiger partial charge on any atom is 0.262 e. The van der Waals surface area contributed by atoms with E-state index < -0.39 is 0 Å². The Kier molecular flexibility index (Phi) is 4.06. The van der Waals surface area contributed by atoms with Crippen LogP contribution in [0.3, 0.4) is 0 Å². The molecule has 0 spiro atoms. The van der Waals surface area contributed by atoms with E-state index in [2.05, 4.69) is 16.4 Å². The number of benzene rings is 1. The van der Waals surface area contributed by atoms with Gasteiger partial charge in [0.2, 0.25) is 0 Å². The first-order valence-electron chi connectivity index (χ1n) is 5.59. The molecule has 1 aromatic carbocycles. The summed E-state index contributed by atoms with van der Waals surface area (Å²) < 4.78 is 0. The summed E-state index contributed by atoms with van der Waals surface area (Å²) in [6.07, 6.45) is 5.30. The van der Waals surface area contributed by atoms with Gasteiger partial charge in [0.15, 0.2) is 0 Å². The Bertz CT molecular complexity index is 650. The molecule has 0 fully saturated rings. The first-order chi connectivity index (χ1) is 9.22. The molecular formula is C14H11N3OS. The summed E-state index contributed by atoms with van der Waals surface area (Å²) in [6.45, 7) is 0. The number of nitrogens with zero attached hydrogens (tertiary/aromatic N) is 2. The maximum atomic E-state index is 11.4. The molecule has 4 nitrogen and oxygen atoms in total. The van der Waals surface area contributed by atoms with Gasteiger partial charge >= 0.3 is 0 Å². The van der Waals surface area contributed by atoms with Crippen molar-refractivity contribution in [3.05, 3.63) is 51.5 Å². The molecule has 0 atom stereocenters. The fourth-order valence-corrected chi connectivity index (χ4v) is 2.20. The van der Waals surface area contributed by atoms with Crippen LogP contribution in [0.5, 0.6) is 0 Å². The van der Waals surface area contributed by atoms with Crippen LogP contribution >= 0.6 is 11.3 Å². The predicted molar refractivity (Wildman–Crippen MR) is 75.6 cm³/mol. The minimum absolute atomic E-state index is 0.129. The normalized spacial score (nSPS) is 10.3. The quantitative estimate of drug-likeness (QED) is 0.931. The molecule has 0 aliphatic heterocycles. The zero-order valence-corrected chi connectivity index (χ0v) is 11.1. The lowest BCUT2D eigenvalue weighted by Crippen LogP contribution is -2.16. The van der Waals surface area contributed by atoms with Crippen LogP contribution < -0.4 is 5.32 Å². The number of nitrogens with one attached hydrogen (secondary N) is 1. The Balaban J connectivity index is 2.11. The minimum atomic E-state index is -0.129. The zero-order chi connectivity index (χ0) is 13.7. The summed E-state index contributed by atoms with van der Waals surface area (Å²) in [6, 6.07) is 9.32.